The highest BCUT2D eigenvalue weighted by Gasteiger charge is 2.00. The molecule has 17 heavy (non-hydrogen) atoms. The zero-order valence-electron chi connectivity index (χ0n) is 10.0. The highest BCUT2D eigenvalue weighted by molar-refractivity contribution is 5.87. The first-order valence-electron chi connectivity index (χ1n) is 5.44. The monoisotopic (exact) mass is 232 g/mol. The Kier molecular flexibility index (Phi) is 5.01. The first-order chi connectivity index (χ1) is 8.13. The first kappa shape index (κ1) is 13.0. The minimum atomic E-state index is 0.00959. The normalized spacial score (nSPS) is 11.2. The van der Waals surface area contributed by atoms with Gasteiger partial charge in [0.2, 0.25) is 0 Å². The molecular formula is C14H16O3. The Bertz CT molecular complexity index is 445. The van der Waals surface area contributed by atoms with Crippen LogP contribution in [0.3, 0.4) is 0 Å². The minimum absolute atomic E-state index is 0.00959. The molecular weight excluding hydrogens is 216 g/mol. The molecule has 0 saturated heterocycles. The summed E-state index contributed by atoms with van der Waals surface area (Å²) in [6, 6.07) is 5.10. The van der Waals surface area contributed by atoms with Gasteiger partial charge in [-0.1, -0.05) is 24.3 Å². The van der Waals surface area contributed by atoms with E-state index in [4.69, 9.17) is 4.74 Å². The second-order valence-electron chi connectivity index (χ2n) is 3.49. The number of allylic oxidation sites excluding steroid dienone is 3. The fourth-order valence-electron chi connectivity index (χ4n) is 1.26. The quantitative estimate of drug-likeness (QED) is 0.627. The molecule has 0 aromatic heterocycles. The Hall–Kier alpha value is -2.03. The van der Waals surface area contributed by atoms with Gasteiger partial charge in [0.1, 0.15) is 0 Å². The standard InChI is InChI=1S/C14H16O3/c1-3-17-14-10-12(8-9-13(14)16)7-5-4-6-11(2)15/h4-10,16H,3H2,1-2H3. The average molecular weight is 232 g/mol. The van der Waals surface area contributed by atoms with E-state index in [2.05, 4.69) is 0 Å². The number of phenolic OH excluding ortho intramolecular Hbond substituents is 1. The van der Waals surface area contributed by atoms with Crippen LogP contribution in [-0.2, 0) is 4.79 Å². The summed E-state index contributed by atoms with van der Waals surface area (Å²) in [7, 11) is 0. The molecule has 0 spiro atoms. The van der Waals surface area contributed by atoms with Crippen molar-refractivity contribution < 1.29 is 14.6 Å². The largest absolute Gasteiger partial charge is 0.504 e. The SMILES string of the molecule is CCOc1cc(C=CC=CC(C)=O)ccc1O. The van der Waals surface area contributed by atoms with Gasteiger partial charge in [0, 0.05) is 0 Å². The number of ketones is 1. The minimum Gasteiger partial charge on any atom is -0.504 e. The molecule has 1 aromatic carbocycles. The third-order valence-electron chi connectivity index (χ3n) is 2.01. The maximum Gasteiger partial charge on any atom is 0.161 e. The smallest absolute Gasteiger partial charge is 0.161 e. The zero-order valence-corrected chi connectivity index (χ0v) is 10.0. The molecule has 0 bridgehead atoms. The van der Waals surface area contributed by atoms with Gasteiger partial charge in [-0.2, -0.15) is 0 Å². The molecule has 0 saturated carbocycles. The average Bonchev–Trinajstić information content (AvgIpc) is 2.28. The number of benzene rings is 1. The highest BCUT2D eigenvalue weighted by Crippen LogP contribution is 2.27. The molecule has 90 valence electrons. The third kappa shape index (κ3) is 4.55. The molecule has 0 radical (unpaired) electrons. The predicted molar refractivity (Wildman–Crippen MR) is 68.1 cm³/mol. The van der Waals surface area contributed by atoms with Crippen LogP contribution < -0.4 is 4.74 Å². The molecule has 0 aliphatic carbocycles. The fourth-order valence-corrected chi connectivity index (χ4v) is 1.26. The lowest BCUT2D eigenvalue weighted by molar-refractivity contribution is -0.112. The molecule has 1 N–H and O–H groups in total. The van der Waals surface area contributed by atoms with E-state index in [0.717, 1.165) is 5.56 Å². The lowest BCUT2D eigenvalue weighted by Crippen LogP contribution is -1.91. The van der Waals surface area contributed by atoms with Crippen molar-refractivity contribution in [3.63, 3.8) is 0 Å². The van der Waals surface area contributed by atoms with Crippen LogP contribution in [0.15, 0.2) is 36.4 Å². The van der Waals surface area contributed by atoms with Gasteiger partial charge >= 0.3 is 0 Å². The Balaban J connectivity index is 2.78. The Morgan fingerprint density at radius 1 is 1.41 bits per heavy atom. The van der Waals surface area contributed by atoms with Crippen LogP contribution >= 0.6 is 0 Å². The maximum atomic E-state index is 10.7. The van der Waals surface area contributed by atoms with E-state index in [1.54, 1.807) is 30.4 Å². The van der Waals surface area contributed by atoms with Crippen molar-refractivity contribution >= 4 is 11.9 Å². The van der Waals surface area contributed by atoms with Crippen LogP contribution in [0.25, 0.3) is 6.08 Å². The summed E-state index contributed by atoms with van der Waals surface area (Å²) in [5, 5.41) is 9.50. The second-order valence-corrected chi connectivity index (χ2v) is 3.49. The number of ether oxygens (including phenoxy) is 1. The van der Waals surface area contributed by atoms with Crippen molar-refractivity contribution in [1.82, 2.24) is 0 Å². The summed E-state index contributed by atoms with van der Waals surface area (Å²) >= 11 is 0. The van der Waals surface area contributed by atoms with Gasteiger partial charge in [0.05, 0.1) is 6.61 Å². The molecule has 1 aromatic rings. The first-order valence-corrected chi connectivity index (χ1v) is 5.44. The molecule has 3 heteroatoms. The van der Waals surface area contributed by atoms with Crippen molar-refractivity contribution in [2.45, 2.75) is 13.8 Å². The summed E-state index contributed by atoms with van der Waals surface area (Å²) in [6.07, 6.45) is 6.76. The van der Waals surface area contributed by atoms with Crippen molar-refractivity contribution in [3.8, 4) is 11.5 Å². The van der Waals surface area contributed by atoms with Crippen LogP contribution in [0, 0.1) is 0 Å². The lowest BCUT2D eigenvalue weighted by atomic mass is 10.2. The number of rotatable bonds is 5. The molecule has 0 atom stereocenters. The van der Waals surface area contributed by atoms with Gasteiger partial charge in [-0.3, -0.25) is 4.79 Å². The van der Waals surface area contributed by atoms with E-state index in [9.17, 15) is 9.90 Å². The van der Waals surface area contributed by atoms with Crippen LogP contribution in [0.4, 0.5) is 0 Å². The van der Waals surface area contributed by atoms with Gasteiger partial charge in [-0.05, 0) is 37.6 Å². The molecule has 0 fully saturated rings. The van der Waals surface area contributed by atoms with Gasteiger partial charge < -0.3 is 9.84 Å². The summed E-state index contributed by atoms with van der Waals surface area (Å²) in [5.41, 5.74) is 0.902. The van der Waals surface area contributed by atoms with Gasteiger partial charge in [0.25, 0.3) is 0 Å². The van der Waals surface area contributed by atoms with Gasteiger partial charge in [-0.15, -0.1) is 0 Å². The summed E-state index contributed by atoms with van der Waals surface area (Å²) in [5.74, 6) is 0.601. The maximum absolute atomic E-state index is 10.7. The van der Waals surface area contributed by atoms with Crippen molar-refractivity contribution in [2.24, 2.45) is 0 Å². The summed E-state index contributed by atoms with van der Waals surface area (Å²) < 4.78 is 5.27. The number of carbonyl (C=O) groups is 1. The zero-order chi connectivity index (χ0) is 12.7. The van der Waals surface area contributed by atoms with Gasteiger partial charge in [-0.25, -0.2) is 0 Å². The summed E-state index contributed by atoms with van der Waals surface area (Å²) in [6.45, 7) is 3.86. The lowest BCUT2D eigenvalue weighted by Gasteiger charge is -2.05. The molecule has 0 unspecified atom stereocenters. The van der Waals surface area contributed by atoms with E-state index >= 15 is 0 Å². The molecule has 0 amide bonds. The number of hydrogen-bond acceptors (Lipinski definition) is 3. The van der Waals surface area contributed by atoms with E-state index in [-0.39, 0.29) is 11.5 Å². The van der Waals surface area contributed by atoms with E-state index in [0.29, 0.717) is 12.4 Å². The van der Waals surface area contributed by atoms with Crippen LogP contribution in [0.5, 0.6) is 11.5 Å². The van der Waals surface area contributed by atoms with Crippen molar-refractivity contribution in [1.29, 1.82) is 0 Å². The number of hydrogen-bond donors (Lipinski definition) is 1. The Morgan fingerprint density at radius 3 is 2.82 bits per heavy atom. The van der Waals surface area contributed by atoms with Gasteiger partial charge in [0.15, 0.2) is 17.3 Å². The number of aromatic hydroxyl groups is 1. The molecule has 0 aliphatic heterocycles. The van der Waals surface area contributed by atoms with E-state index in [1.807, 2.05) is 13.0 Å². The van der Waals surface area contributed by atoms with Crippen LogP contribution in [0.2, 0.25) is 0 Å². The van der Waals surface area contributed by atoms with Crippen LogP contribution in [-0.4, -0.2) is 17.5 Å². The Labute approximate surface area is 101 Å². The fraction of sp³-hybridized carbons (Fsp3) is 0.214. The second kappa shape index (κ2) is 6.53. The molecule has 3 nitrogen and oxygen atoms in total. The molecule has 0 aliphatic rings. The molecule has 0 heterocycles. The van der Waals surface area contributed by atoms with Crippen molar-refractivity contribution in [2.75, 3.05) is 6.61 Å². The third-order valence-corrected chi connectivity index (χ3v) is 2.01. The van der Waals surface area contributed by atoms with E-state index < -0.39 is 0 Å². The number of carbonyl (C=O) groups excluding carboxylic acids is 1. The highest BCUT2D eigenvalue weighted by atomic mass is 16.5. The van der Waals surface area contributed by atoms with Crippen molar-refractivity contribution in [3.05, 3.63) is 42.0 Å². The Morgan fingerprint density at radius 2 is 2.18 bits per heavy atom. The van der Waals surface area contributed by atoms with Crippen LogP contribution in [0.1, 0.15) is 19.4 Å². The van der Waals surface area contributed by atoms with E-state index in [1.165, 1.54) is 13.0 Å². The number of phenols is 1. The topological polar surface area (TPSA) is 46.5 Å². The predicted octanol–water partition coefficient (Wildman–Crippen LogP) is 2.95. The molecule has 1 rings (SSSR count). The summed E-state index contributed by atoms with van der Waals surface area (Å²) in [4.78, 5) is 10.7.